The van der Waals surface area contributed by atoms with Crippen LogP contribution >= 0.6 is 0 Å². The molecule has 0 fully saturated rings. The number of hydrogen-bond donors (Lipinski definition) is 2. The number of hydrogen-bond acceptors (Lipinski definition) is 4. The van der Waals surface area contributed by atoms with E-state index in [-0.39, 0.29) is 24.4 Å². The molecule has 2 amide bonds. The van der Waals surface area contributed by atoms with Crippen molar-refractivity contribution in [1.82, 2.24) is 10.2 Å². The van der Waals surface area contributed by atoms with Gasteiger partial charge < -0.3 is 15.4 Å². The van der Waals surface area contributed by atoms with Crippen molar-refractivity contribution in [1.29, 1.82) is 0 Å². The molecular formula is C16H25N3O3. The Hall–Kier alpha value is -2.08. The largest absolute Gasteiger partial charge is 0.495 e. The van der Waals surface area contributed by atoms with Gasteiger partial charge in [-0.2, -0.15) is 0 Å². The van der Waals surface area contributed by atoms with Crippen LogP contribution in [0.3, 0.4) is 0 Å². The molecule has 0 radical (unpaired) electrons. The highest BCUT2D eigenvalue weighted by Crippen LogP contribution is 2.23. The summed E-state index contributed by atoms with van der Waals surface area (Å²) in [5, 5.41) is 5.62. The van der Waals surface area contributed by atoms with E-state index in [1.807, 2.05) is 26.0 Å². The molecule has 0 aliphatic rings. The molecule has 0 aliphatic carbocycles. The van der Waals surface area contributed by atoms with Crippen LogP contribution in [-0.2, 0) is 9.59 Å². The summed E-state index contributed by atoms with van der Waals surface area (Å²) >= 11 is 0. The van der Waals surface area contributed by atoms with Crippen LogP contribution in [0.25, 0.3) is 0 Å². The van der Waals surface area contributed by atoms with E-state index in [2.05, 4.69) is 10.6 Å². The lowest BCUT2D eigenvalue weighted by atomic mass is 10.2. The van der Waals surface area contributed by atoms with Crippen LogP contribution in [0.2, 0.25) is 0 Å². The molecule has 122 valence electrons. The number of carbonyl (C=O) groups is 2. The number of rotatable bonds is 7. The minimum absolute atomic E-state index is 0.0820. The molecule has 0 spiro atoms. The molecule has 0 aromatic heterocycles. The van der Waals surface area contributed by atoms with Gasteiger partial charge in [0.25, 0.3) is 0 Å². The van der Waals surface area contributed by atoms with Crippen molar-refractivity contribution in [2.75, 3.05) is 26.0 Å². The zero-order valence-corrected chi connectivity index (χ0v) is 13.8. The number of amides is 2. The topological polar surface area (TPSA) is 70.7 Å². The van der Waals surface area contributed by atoms with Gasteiger partial charge in [-0.3, -0.25) is 14.5 Å². The van der Waals surface area contributed by atoms with E-state index < -0.39 is 6.04 Å². The van der Waals surface area contributed by atoms with E-state index in [9.17, 15) is 9.59 Å². The minimum atomic E-state index is -0.442. The Balaban J connectivity index is 2.62. The number of benzene rings is 1. The Kier molecular flexibility index (Phi) is 6.85. The average Bonchev–Trinajstić information content (AvgIpc) is 2.45. The maximum atomic E-state index is 12.3. The Bertz CT molecular complexity index is 517. The quantitative estimate of drug-likeness (QED) is 0.800. The van der Waals surface area contributed by atoms with E-state index in [0.717, 1.165) is 0 Å². The number of para-hydroxylation sites is 2. The molecular weight excluding hydrogens is 282 g/mol. The molecule has 6 heteroatoms. The van der Waals surface area contributed by atoms with Crippen molar-refractivity contribution >= 4 is 17.5 Å². The predicted octanol–water partition coefficient (Wildman–Crippen LogP) is 1.48. The lowest BCUT2D eigenvalue weighted by molar-refractivity contribution is -0.125. The summed E-state index contributed by atoms with van der Waals surface area (Å²) in [6.07, 6.45) is 0. The Labute approximate surface area is 131 Å². The van der Waals surface area contributed by atoms with Gasteiger partial charge in [0.1, 0.15) is 5.75 Å². The number of nitrogens with one attached hydrogen (secondary N) is 2. The summed E-state index contributed by atoms with van der Waals surface area (Å²) < 4.78 is 5.20. The summed E-state index contributed by atoms with van der Waals surface area (Å²) in [7, 11) is 3.29. The molecule has 1 aromatic rings. The van der Waals surface area contributed by atoms with Crippen molar-refractivity contribution < 1.29 is 14.3 Å². The lowest BCUT2D eigenvalue weighted by Crippen LogP contribution is -2.46. The maximum Gasteiger partial charge on any atom is 0.241 e. The standard InChI is InChI=1S/C16H25N3O3/c1-11(2)17-15(20)10-19(4)12(3)16(21)18-13-8-6-7-9-14(13)22-5/h6-9,11-12H,10H2,1-5H3,(H,17,20)(H,18,21)/t12-/m1/s1. The van der Waals surface area contributed by atoms with Crippen LogP contribution in [0.15, 0.2) is 24.3 Å². The van der Waals surface area contributed by atoms with E-state index in [1.165, 1.54) is 0 Å². The monoisotopic (exact) mass is 307 g/mol. The van der Waals surface area contributed by atoms with Gasteiger partial charge in [0.15, 0.2) is 0 Å². The fraction of sp³-hybridized carbons (Fsp3) is 0.500. The first kappa shape index (κ1) is 18.0. The Morgan fingerprint density at radius 1 is 1.23 bits per heavy atom. The van der Waals surface area contributed by atoms with Crippen LogP contribution in [-0.4, -0.2) is 49.5 Å². The summed E-state index contributed by atoms with van der Waals surface area (Å²) in [6, 6.07) is 6.85. The highest BCUT2D eigenvalue weighted by Gasteiger charge is 2.21. The molecule has 2 N–H and O–H groups in total. The van der Waals surface area contributed by atoms with Crippen molar-refractivity contribution in [3.8, 4) is 5.75 Å². The third-order valence-corrected chi connectivity index (χ3v) is 3.25. The summed E-state index contributed by atoms with van der Waals surface area (Å²) in [6.45, 7) is 5.72. The first-order chi connectivity index (χ1) is 10.3. The third kappa shape index (κ3) is 5.37. The molecule has 0 saturated carbocycles. The van der Waals surface area contributed by atoms with Crippen molar-refractivity contribution in [2.24, 2.45) is 0 Å². The number of nitrogens with zero attached hydrogens (tertiary/aromatic N) is 1. The molecule has 1 atom stereocenters. The molecule has 0 unspecified atom stereocenters. The summed E-state index contributed by atoms with van der Waals surface area (Å²) in [5.41, 5.74) is 0.613. The molecule has 6 nitrogen and oxygen atoms in total. The van der Waals surface area contributed by atoms with Gasteiger partial charge >= 0.3 is 0 Å². The Morgan fingerprint density at radius 3 is 2.45 bits per heavy atom. The fourth-order valence-corrected chi connectivity index (χ4v) is 1.92. The zero-order valence-electron chi connectivity index (χ0n) is 13.8. The van der Waals surface area contributed by atoms with Gasteiger partial charge in [-0.15, -0.1) is 0 Å². The molecule has 0 heterocycles. The van der Waals surface area contributed by atoms with Crippen LogP contribution < -0.4 is 15.4 Å². The molecule has 1 aromatic carbocycles. The number of anilines is 1. The van der Waals surface area contributed by atoms with Crippen LogP contribution in [0.1, 0.15) is 20.8 Å². The average molecular weight is 307 g/mol. The van der Waals surface area contributed by atoms with Crippen molar-refractivity contribution in [2.45, 2.75) is 32.9 Å². The van der Waals surface area contributed by atoms with Gasteiger partial charge in [0.2, 0.25) is 11.8 Å². The molecule has 1 rings (SSSR count). The molecule has 0 bridgehead atoms. The second kappa shape index (κ2) is 8.38. The van der Waals surface area contributed by atoms with E-state index in [0.29, 0.717) is 11.4 Å². The van der Waals surface area contributed by atoms with E-state index in [1.54, 1.807) is 38.1 Å². The van der Waals surface area contributed by atoms with Gasteiger partial charge in [-0.1, -0.05) is 12.1 Å². The smallest absolute Gasteiger partial charge is 0.241 e. The predicted molar refractivity (Wildman–Crippen MR) is 87.0 cm³/mol. The minimum Gasteiger partial charge on any atom is -0.495 e. The summed E-state index contributed by atoms with van der Waals surface area (Å²) in [4.78, 5) is 25.7. The Morgan fingerprint density at radius 2 is 1.86 bits per heavy atom. The number of ether oxygens (including phenoxy) is 1. The number of likely N-dealkylation sites (N-methyl/N-ethyl adjacent to an activating group) is 1. The fourth-order valence-electron chi connectivity index (χ4n) is 1.92. The van der Waals surface area contributed by atoms with Crippen LogP contribution in [0.5, 0.6) is 5.75 Å². The van der Waals surface area contributed by atoms with Crippen molar-refractivity contribution in [3.05, 3.63) is 24.3 Å². The first-order valence-electron chi connectivity index (χ1n) is 7.28. The second-order valence-electron chi connectivity index (χ2n) is 5.50. The first-order valence-corrected chi connectivity index (χ1v) is 7.28. The van der Waals surface area contributed by atoms with Gasteiger partial charge in [0.05, 0.1) is 25.4 Å². The molecule has 22 heavy (non-hydrogen) atoms. The van der Waals surface area contributed by atoms with Crippen molar-refractivity contribution in [3.63, 3.8) is 0 Å². The van der Waals surface area contributed by atoms with E-state index >= 15 is 0 Å². The van der Waals surface area contributed by atoms with Crippen LogP contribution in [0.4, 0.5) is 5.69 Å². The van der Waals surface area contributed by atoms with E-state index in [4.69, 9.17) is 4.74 Å². The third-order valence-electron chi connectivity index (χ3n) is 3.25. The second-order valence-corrected chi connectivity index (χ2v) is 5.50. The highest BCUT2D eigenvalue weighted by molar-refractivity contribution is 5.96. The van der Waals surface area contributed by atoms with Gasteiger partial charge in [0, 0.05) is 6.04 Å². The lowest BCUT2D eigenvalue weighted by Gasteiger charge is -2.24. The van der Waals surface area contributed by atoms with Gasteiger partial charge in [-0.25, -0.2) is 0 Å². The molecule has 0 saturated heterocycles. The molecule has 0 aliphatic heterocycles. The summed E-state index contributed by atoms with van der Waals surface area (Å²) in [5.74, 6) is 0.307. The highest BCUT2D eigenvalue weighted by atomic mass is 16.5. The number of methoxy groups -OCH3 is 1. The van der Waals surface area contributed by atoms with Gasteiger partial charge in [-0.05, 0) is 40.0 Å². The normalized spacial score (nSPS) is 12.1. The zero-order chi connectivity index (χ0) is 16.7. The maximum absolute atomic E-state index is 12.3. The van der Waals surface area contributed by atoms with Crippen LogP contribution in [0, 0.1) is 0 Å². The number of carbonyl (C=O) groups excluding carboxylic acids is 2. The SMILES string of the molecule is COc1ccccc1NC(=O)[C@@H](C)N(C)CC(=O)NC(C)C.